The smallest absolute Gasteiger partial charge is 0.230 e. The first kappa shape index (κ1) is 27.9. The van der Waals surface area contributed by atoms with Gasteiger partial charge in [-0.3, -0.25) is 9.59 Å². The van der Waals surface area contributed by atoms with Gasteiger partial charge in [0.1, 0.15) is 10.0 Å². The monoisotopic (exact) mass is 598 g/mol. The van der Waals surface area contributed by atoms with Gasteiger partial charge in [0.2, 0.25) is 22.1 Å². The van der Waals surface area contributed by atoms with Crippen LogP contribution < -0.4 is 15.5 Å². The lowest BCUT2D eigenvalue weighted by Gasteiger charge is -2.33. The Morgan fingerprint density at radius 3 is 2.00 bits per heavy atom. The summed E-state index contributed by atoms with van der Waals surface area (Å²) >= 11 is 2.85. The molecule has 0 radical (unpaired) electrons. The van der Waals surface area contributed by atoms with Crippen LogP contribution in [-0.2, 0) is 22.4 Å². The van der Waals surface area contributed by atoms with E-state index in [4.69, 9.17) is 5.26 Å². The summed E-state index contributed by atoms with van der Waals surface area (Å²) in [6, 6.07) is 17.3. The second-order valence-corrected chi connectivity index (χ2v) is 12.7. The normalized spacial score (nSPS) is 18.1. The second kappa shape index (κ2) is 12.8. The van der Waals surface area contributed by atoms with Gasteiger partial charge < -0.3 is 15.5 Å². The number of anilines is 3. The van der Waals surface area contributed by atoms with Crippen molar-refractivity contribution in [2.24, 2.45) is 0 Å². The summed E-state index contributed by atoms with van der Waals surface area (Å²) in [5, 5.41) is 34.9. The van der Waals surface area contributed by atoms with Crippen molar-refractivity contribution in [2.45, 2.75) is 56.8 Å². The van der Waals surface area contributed by atoms with Gasteiger partial charge in [-0.2, -0.15) is 5.26 Å². The Morgan fingerprint density at radius 1 is 0.833 bits per heavy atom. The lowest BCUT2D eigenvalue weighted by Crippen LogP contribution is -2.36. The molecule has 1 saturated carbocycles. The molecule has 10 nitrogen and oxygen atoms in total. The molecule has 1 aliphatic carbocycles. The van der Waals surface area contributed by atoms with Gasteiger partial charge >= 0.3 is 0 Å². The molecule has 3 heterocycles. The van der Waals surface area contributed by atoms with E-state index in [0.717, 1.165) is 59.9 Å². The van der Waals surface area contributed by atoms with Crippen molar-refractivity contribution in [3.8, 4) is 6.07 Å². The molecule has 2 aromatic heterocycles. The van der Waals surface area contributed by atoms with Crippen LogP contribution in [-0.4, -0.2) is 45.3 Å². The molecule has 2 aromatic carbocycles. The number of nitriles is 1. The van der Waals surface area contributed by atoms with Gasteiger partial charge in [-0.1, -0.05) is 53.4 Å². The van der Waals surface area contributed by atoms with E-state index in [1.54, 1.807) is 18.2 Å². The third-order valence-electron chi connectivity index (χ3n) is 7.66. The van der Waals surface area contributed by atoms with Crippen LogP contribution in [0.4, 0.5) is 16.0 Å². The highest BCUT2D eigenvalue weighted by molar-refractivity contribution is 7.15. The Labute approximate surface area is 251 Å². The SMILES string of the molecule is N#Cc1cccc(CC(=O)Nc2nnc([C@H]3CCC[C@H](c4nnc(NC(=O)Cc5cccc(N6CCC6)c5)s4)C3)s2)c1. The van der Waals surface area contributed by atoms with E-state index >= 15 is 0 Å². The van der Waals surface area contributed by atoms with E-state index in [1.807, 2.05) is 18.2 Å². The highest BCUT2D eigenvalue weighted by Gasteiger charge is 2.29. The molecule has 2 amide bonds. The lowest BCUT2D eigenvalue weighted by molar-refractivity contribution is -0.116. The Morgan fingerprint density at radius 2 is 1.43 bits per heavy atom. The van der Waals surface area contributed by atoms with Gasteiger partial charge in [-0.05, 0) is 61.1 Å². The van der Waals surface area contributed by atoms with Gasteiger partial charge in [0, 0.05) is 30.6 Å². The Bertz CT molecular complexity index is 1620. The fourth-order valence-electron chi connectivity index (χ4n) is 5.42. The van der Waals surface area contributed by atoms with Crippen LogP contribution in [0.2, 0.25) is 0 Å². The number of aromatic nitrogens is 4. The zero-order chi connectivity index (χ0) is 28.9. The molecule has 2 atom stereocenters. The summed E-state index contributed by atoms with van der Waals surface area (Å²) in [5.41, 5.74) is 3.45. The van der Waals surface area contributed by atoms with Crippen LogP contribution in [0.15, 0.2) is 48.5 Å². The van der Waals surface area contributed by atoms with Gasteiger partial charge in [-0.25, -0.2) is 0 Å². The molecule has 1 saturated heterocycles. The van der Waals surface area contributed by atoms with Gasteiger partial charge in [0.25, 0.3) is 0 Å². The van der Waals surface area contributed by atoms with E-state index < -0.39 is 0 Å². The molecule has 0 unspecified atom stereocenters. The molecule has 2 N–H and O–H groups in total. The minimum atomic E-state index is -0.193. The third kappa shape index (κ3) is 6.80. The maximum atomic E-state index is 12.7. The Hall–Kier alpha value is -4.21. The average Bonchev–Trinajstić information content (AvgIpc) is 3.62. The first-order valence-corrected chi connectivity index (χ1v) is 15.7. The van der Waals surface area contributed by atoms with Crippen LogP contribution in [0.3, 0.4) is 0 Å². The van der Waals surface area contributed by atoms with Crippen molar-refractivity contribution in [1.29, 1.82) is 5.26 Å². The Balaban J connectivity index is 1.02. The number of nitrogens with zero attached hydrogens (tertiary/aromatic N) is 6. The van der Waals surface area contributed by atoms with Gasteiger partial charge in [0.05, 0.1) is 24.5 Å². The number of benzene rings is 2. The van der Waals surface area contributed by atoms with Crippen LogP contribution >= 0.6 is 22.7 Å². The first-order valence-electron chi connectivity index (χ1n) is 14.1. The van der Waals surface area contributed by atoms with E-state index in [1.165, 1.54) is 34.8 Å². The summed E-state index contributed by atoms with van der Waals surface area (Å²) < 4.78 is 0. The molecule has 0 spiro atoms. The van der Waals surface area contributed by atoms with Crippen LogP contribution in [0.1, 0.15) is 70.6 Å². The zero-order valence-corrected chi connectivity index (χ0v) is 24.6. The van der Waals surface area contributed by atoms with E-state index in [0.29, 0.717) is 22.2 Å². The van der Waals surface area contributed by atoms with Crippen LogP contribution in [0, 0.1) is 11.3 Å². The number of nitrogens with one attached hydrogen (secondary N) is 2. The topological polar surface area (TPSA) is 137 Å². The molecule has 12 heteroatoms. The molecule has 2 fully saturated rings. The number of amides is 2. The van der Waals surface area contributed by atoms with Crippen LogP contribution in [0.5, 0.6) is 0 Å². The highest BCUT2D eigenvalue weighted by atomic mass is 32.1. The van der Waals surface area contributed by atoms with Crippen molar-refractivity contribution >= 4 is 50.4 Å². The molecular weight excluding hydrogens is 569 g/mol. The van der Waals surface area contributed by atoms with Crippen molar-refractivity contribution < 1.29 is 9.59 Å². The maximum absolute atomic E-state index is 12.7. The first-order chi connectivity index (χ1) is 20.5. The molecule has 4 aromatic rings. The molecule has 1 aliphatic heterocycles. The van der Waals surface area contributed by atoms with E-state index in [2.05, 4.69) is 54.1 Å². The maximum Gasteiger partial charge on any atom is 0.230 e. The summed E-state index contributed by atoms with van der Waals surface area (Å²) in [5.74, 6) is 0.164. The van der Waals surface area contributed by atoms with Gasteiger partial charge in [0.15, 0.2) is 0 Å². The number of carbonyl (C=O) groups excluding carboxylic acids is 2. The van der Waals surface area contributed by atoms with E-state index in [9.17, 15) is 9.59 Å². The van der Waals surface area contributed by atoms with Crippen molar-refractivity contribution in [3.63, 3.8) is 0 Å². The van der Waals surface area contributed by atoms with Crippen molar-refractivity contribution in [2.75, 3.05) is 28.6 Å². The number of carbonyl (C=O) groups is 2. The van der Waals surface area contributed by atoms with Crippen molar-refractivity contribution in [1.82, 2.24) is 20.4 Å². The molecule has 42 heavy (non-hydrogen) atoms. The largest absolute Gasteiger partial charge is 0.371 e. The number of rotatable bonds is 9. The fraction of sp³-hybridized carbons (Fsp3) is 0.367. The van der Waals surface area contributed by atoms with E-state index in [-0.39, 0.29) is 30.1 Å². The molecule has 214 valence electrons. The third-order valence-corrected chi connectivity index (χ3v) is 9.67. The number of hydrogen-bond acceptors (Lipinski definition) is 10. The summed E-state index contributed by atoms with van der Waals surface area (Å²) in [6.45, 7) is 2.14. The number of hydrogen-bond donors (Lipinski definition) is 2. The molecule has 2 aliphatic rings. The average molecular weight is 599 g/mol. The summed E-state index contributed by atoms with van der Waals surface area (Å²) in [7, 11) is 0. The van der Waals surface area contributed by atoms with Crippen molar-refractivity contribution in [3.05, 3.63) is 75.2 Å². The van der Waals surface area contributed by atoms with Gasteiger partial charge in [-0.15, -0.1) is 20.4 Å². The summed E-state index contributed by atoms with van der Waals surface area (Å²) in [4.78, 5) is 27.6. The molecule has 0 bridgehead atoms. The second-order valence-electron chi connectivity index (χ2n) is 10.7. The summed E-state index contributed by atoms with van der Waals surface area (Å²) in [6.07, 6.45) is 5.58. The predicted octanol–water partition coefficient (Wildman–Crippen LogP) is 5.28. The minimum absolute atomic E-state index is 0.0961. The standard InChI is InChI=1S/C30H30N8O2S2/c31-18-21-7-1-5-19(13-21)15-25(39)32-29-36-34-27(41-29)22-8-3-9-23(17-22)28-35-37-30(42-28)33-26(40)16-20-6-2-10-24(14-20)38-11-4-12-38/h1-2,5-7,10,13-14,22-23H,3-4,8-9,11-12,15-17H2,(H,32,36,39)(H,33,37,40)/t22-,23-/m0/s1. The predicted molar refractivity (Wildman–Crippen MR) is 163 cm³/mol. The zero-order valence-electron chi connectivity index (χ0n) is 23.0. The fourth-order valence-corrected chi connectivity index (χ4v) is 7.24. The highest BCUT2D eigenvalue weighted by Crippen LogP contribution is 2.43. The minimum Gasteiger partial charge on any atom is -0.371 e. The lowest BCUT2D eigenvalue weighted by atomic mass is 9.82. The molecular formula is C30H30N8O2S2. The Kier molecular flexibility index (Phi) is 8.48. The quantitative estimate of drug-likeness (QED) is 0.266. The van der Waals surface area contributed by atoms with Crippen LogP contribution in [0.25, 0.3) is 0 Å². The molecule has 6 rings (SSSR count).